The molecule has 0 aliphatic heterocycles. The van der Waals surface area contributed by atoms with Crippen molar-refractivity contribution in [3.63, 3.8) is 0 Å². The highest BCUT2D eigenvalue weighted by atomic mass is 35.5. The molecule has 0 aromatic heterocycles. The summed E-state index contributed by atoms with van der Waals surface area (Å²) in [6.45, 7) is -1.47. The van der Waals surface area contributed by atoms with E-state index in [0.29, 0.717) is 5.69 Å². The molecule has 2 amide bonds. The minimum atomic E-state index is -1.63. The lowest BCUT2D eigenvalue weighted by Crippen LogP contribution is -2.46. The van der Waals surface area contributed by atoms with Crippen LogP contribution < -0.4 is 10.6 Å². The predicted molar refractivity (Wildman–Crippen MR) is 106 cm³/mol. The molecule has 0 saturated heterocycles. The van der Waals surface area contributed by atoms with Crippen molar-refractivity contribution in [1.82, 2.24) is 5.32 Å². The third kappa shape index (κ3) is 6.56. The van der Waals surface area contributed by atoms with E-state index in [1.807, 2.05) is 0 Å². The number of amides is 2. The Labute approximate surface area is 176 Å². The van der Waals surface area contributed by atoms with Crippen LogP contribution in [0.15, 0.2) is 54.6 Å². The van der Waals surface area contributed by atoms with Gasteiger partial charge in [-0.1, -0.05) is 48.0 Å². The number of rotatable bonds is 9. The first-order valence-corrected chi connectivity index (χ1v) is 9.07. The van der Waals surface area contributed by atoms with Crippen LogP contribution in [0.1, 0.15) is 18.1 Å². The summed E-state index contributed by atoms with van der Waals surface area (Å²) in [5.74, 6) is -3.57. The number of Topliss-reactive ketones (excluding diaryl/α,β-unsaturated/α-hetero) is 1. The summed E-state index contributed by atoms with van der Waals surface area (Å²) in [5, 5.41) is 13.6. The number of ketones is 1. The predicted octanol–water partition coefficient (Wildman–Crippen LogP) is 3.13. The molecule has 10 heteroatoms. The molecule has 0 radical (unpaired) electrons. The van der Waals surface area contributed by atoms with E-state index in [0.717, 1.165) is 0 Å². The van der Waals surface area contributed by atoms with Crippen LogP contribution in [0.4, 0.5) is 14.9 Å². The number of carboxylic acid groups (broad SMARTS) is 1. The van der Waals surface area contributed by atoms with Crippen LogP contribution in [0, 0.1) is 0 Å². The van der Waals surface area contributed by atoms with Crippen molar-refractivity contribution in [2.24, 2.45) is 0 Å². The number of anilines is 1. The number of benzene rings is 2. The van der Waals surface area contributed by atoms with E-state index < -0.39 is 49.0 Å². The third-order valence-corrected chi connectivity index (χ3v) is 4.23. The Morgan fingerprint density at radius 1 is 1.03 bits per heavy atom. The van der Waals surface area contributed by atoms with Gasteiger partial charge in [-0.15, -0.1) is 0 Å². The molecular weight excluding hydrogens is 419 g/mol. The molecule has 0 heterocycles. The molecule has 2 aromatic carbocycles. The molecule has 0 aliphatic rings. The number of aliphatic carboxylic acids is 1. The highest BCUT2D eigenvalue weighted by molar-refractivity contribution is 6.31. The van der Waals surface area contributed by atoms with Gasteiger partial charge in [-0.2, -0.15) is 0 Å². The van der Waals surface area contributed by atoms with Gasteiger partial charge in [0.2, 0.25) is 6.10 Å². The standard InChI is InChI=1S/C20H18ClFN2O6/c21-14-9-5-4-8-13(14)18(30-20(29)23-12-6-2-1-3-7-12)19(28)24-15(10-17(26)27)16(25)11-22/h1-9,15,18H,10-11H2,(H,23,29)(H,24,28)(H,26,27). The lowest BCUT2D eigenvalue weighted by atomic mass is 10.1. The second-order valence-electron chi connectivity index (χ2n) is 6.06. The van der Waals surface area contributed by atoms with Crippen molar-refractivity contribution in [3.05, 3.63) is 65.2 Å². The van der Waals surface area contributed by atoms with Gasteiger partial charge in [0.1, 0.15) is 12.7 Å². The molecule has 2 atom stereocenters. The Kier molecular flexibility index (Phi) is 8.30. The molecule has 2 aromatic rings. The summed E-state index contributed by atoms with van der Waals surface area (Å²) >= 11 is 6.10. The van der Waals surface area contributed by atoms with Gasteiger partial charge in [-0.25, -0.2) is 9.18 Å². The van der Waals surface area contributed by atoms with E-state index in [1.54, 1.807) is 42.5 Å². The van der Waals surface area contributed by atoms with Gasteiger partial charge in [-0.05, 0) is 18.2 Å². The molecule has 2 rings (SSSR count). The van der Waals surface area contributed by atoms with E-state index in [2.05, 4.69) is 10.6 Å². The van der Waals surface area contributed by atoms with Gasteiger partial charge >= 0.3 is 12.1 Å². The number of ether oxygens (including phenoxy) is 1. The van der Waals surface area contributed by atoms with Crippen LogP contribution in [0.25, 0.3) is 0 Å². The molecule has 0 aliphatic carbocycles. The maximum atomic E-state index is 12.8. The van der Waals surface area contributed by atoms with Crippen LogP contribution in [0.5, 0.6) is 0 Å². The summed E-state index contributed by atoms with van der Waals surface area (Å²) in [5.41, 5.74) is 0.499. The zero-order chi connectivity index (χ0) is 22.1. The van der Waals surface area contributed by atoms with Crippen molar-refractivity contribution in [2.75, 3.05) is 12.0 Å². The number of alkyl halides is 1. The minimum Gasteiger partial charge on any atom is -0.481 e. The molecule has 0 spiro atoms. The normalized spacial score (nSPS) is 12.3. The third-order valence-electron chi connectivity index (χ3n) is 3.89. The number of carboxylic acids is 1. The van der Waals surface area contributed by atoms with Crippen LogP contribution in [-0.4, -0.2) is 41.6 Å². The fraction of sp³-hybridized carbons (Fsp3) is 0.200. The van der Waals surface area contributed by atoms with Crippen molar-refractivity contribution < 1.29 is 33.4 Å². The van der Waals surface area contributed by atoms with E-state index in [-0.39, 0.29) is 10.6 Å². The van der Waals surface area contributed by atoms with Crippen molar-refractivity contribution >= 4 is 41.0 Å². The number of nitrogens with one attached hydrogen (secondary N) is 2. The Morgan fingerprint density at radius 3 is 2.27 bits per heavy atom. The SMILES string of the molecule is O=C(O)CC(NC(=O)C(OC(=O)Nc1ccccc1)c1ccccc1Cl)C(=O)CF. The lowest BCUT2D eigenvalue weighted by molar-refractivity contribution is -0.141. The van der Waals surface area contributed by atoms with Gasteiger partial charge in [-0.3, -0.25) is 19.7 Å². The number of halogens is 2. The van der Waals surface area contributed by atoms with Crippen molar-refractivity contribution in [3.8, 4) is 0 Å². The number of hydrogen-bond donors (Lipinski definition) is 3. The number of carbonyl (C=O) groups is 4. The molecule has 0 saturated carbocycles. The van der Waals surface area contributed by atoms with E-state index in [4.69, 9.17) is 21.4 Å². The van der Waals surface area contributed by atoms with Crippen LogP contribution >= 0.6 is 11.6 Å². The zero-order valence-electron chi connectivity index (χ0n) is 15.5. The van der Waals surface area contributed by atoms with Crippen molar-refractivity contribution in [2.45, 2.75) is 18.6 Å². The quantitative estimate of drug-likeness (QED) is 0.555. The minimum absolute atomic E-state index is 0.0942. The second kappa shape index (κ2) is 10.9. The largest absolute Gasteiger partial charge is 0.481 e. The van der Waals surface area contributed by atoms with Gasteiger partial charge in [0, 0.05) is 16.3 Å². The highest BCUT2D eigenvalue weighted by Gasteiger charge is 2.31. The number of para-hydroxylation sites is 1. The zero-order valence-corrected chi connectivity index (χ0v) is 16.3. The van der Waals surface area contributed by atoms with Gasteiger partial charge in [0.15, 0.2) is 5.78 Å². The van der Waals surface area contributed by atoms with E-state index in [1.165, 1.54) is 12.1 Å². The summed E-state index contributed by atoms with van der Waals surface area (Å²) < 4.78 is 18.0. The number of carbonyl (C=O) groups excluding carboxylic acids is 3. The fourth-order valence-corrected chi connectivity index (χ4v) is 2.72. The summed E-state index contributed by atoms with van der Waals surface area (Å²) in [7, 11) is 0. The molecular formula is C20H18ClFN2O6. The average molecular weight is 437 g/mol. The average Bonchev–Trinajstić information content (AvgIpc) is 2.72. The maximum absolute atomic E-state index is 12.8. The Bertz CT molecular complexity index is 925. The van der Waals surface area contributed by atoms with Crippen LogP contribution in [0.2, 0.25) is 5.02 Å². The number of hydrogen-bond acceptors (Lipinski definition) is 5. The Morgan fingerprint density at radius 2 is 1.67 bits per heavy atom. The fourth-order valence-electron chi connectivity index (χ4n) is 2.48. The maximum Gasteiger partial charge on any atom is 0.412 e. The van der Waals surface area contributed by atoms with Crippen molar-refractivity contribution in [1.29, 1.82) is 0 Å². The van der Waals surface area contributed by atoms with E-state index >= 15 is 0 Å². The molecule has 3 N–H and O–H groups in total. The Balaban J connectivity index is 2.25. The molecule has 30 heavy (non-hydrogen) atoms. The molecule has 0 bridgehead atoms. The summed E-state index contributed by atoms with van der Waals surface area (Å²) in [6, 6.07) is 12.6. The van der Waals surface area contributed by atoms with Gasteiger partial charge in [0.25, 0.3) is 5.91 Å². The molecule has 158 valence electrons. The Hall–Kier alpha value is -3.46. The highest BCUT2D eigenvalue weighted by Crippen LogP contribution is 2.26. The molecule has 8 nitrogen and oxygen atoms in total. The van der Waals surface area contributed by atoms with Gasteiger partial charge in [0.05, 0.1) is 6.42 Å². The first kappa shape index (κ1) is 22.8. The smallest absolute Gasteiger partial charge is 0.412 e. The first-order valence-electron chi connectivity index (χ1n) is 8.69. The monoisotopic (exact) mass is 436 g/mol. The molecule has 2 unspecified atom stereocenters. The van der Waals surface area contributed by atoms with Crippen LogP contribution in [-0.2, 0) is 19.1 Å². The van der Waals surface area contributed by atoms with E-state index in [9.17, 15) is 23.6 Å². The summed E-state index contributed by atoms with van der Waals surface area (Å²) in [6.07, 6.45) is -3.45. The summed E-state index contributed by atoms with van der Waals surface area (Å²) in [4.78, 5) is 47.7. The molecule has 0 fully saturated rings. The topological polar surface area (TPSA) is 122 Å². The first-order chi connectivity index (χ1) is 14.3. The second-order valence-corrected chi connectivity index (χ2v) is 6.46. The van der Waals surface area contributed by atoms with Crippen LogP contribution in [0.3, 0.4) is 0 Å². The lowest BCUT2D eigenvalue weighted by Gasteiger charge is -2.22. The van der Waals surface area contributed by atoms with Gasteiger partial charge < -0.3 is 15.2 Å².